The van der Waals surface area contributed by atoms with Crippen molar-refractivity contribution >= 4 is 11.9 Å². The van der Waals surface area contributed by atoms with Gasteiger partial charge in [0.05, 0.1) is 19.8 Å². The Balaban J connectivity index is -0.00000123. The topological polar surface area (TPSA) is 80.3 Å². The summed E-state index contributed by atoms with van der Waals surface area (Å²) in [7, 11) is 1.47. The van der Waals surface area contributed by atoms with E-state index in [1.165, 1.54) is 7.11 Å². The van der Waals surface area contributed by atoms with E-state index in [1.807, 2.05) is 0 Å². The minimum absolute atomic E-state index is 0.0990. The lowest BCUT2D eigenvalue weighted by molar-refractivity contribution is -0.170. The third-order valence-corrected chi connectivity index (χ3v) is 2.29. The van der Waals surface area contributed by atoms with Gasteiger partial charge in [0.15, 0.2) is 6.29 Å². The van der Waals surface area contributed by atoms with Crippen molar-refractivity contribution in [2.24, 2.45) is 0 Å². The highest BCUT2D eigenvalue weighted by atomic mass is 16.7. The molecule has 0 spiro atoms. The first-order valence-electron chi connectivity index (χ1n) is 7.75. The van der Waals surface area contributed by atoms with Crippen molar-refractivity contribution in [1.82, 2.24) is 0 Å². The summed E-state index contributed by atoms with van der Waals surface area (Å²) in [6, 6.07) is 0. The molecule has 7 heteroatoms. The zero-order valence-corrected chi connectivity index (χ0v) is 16.2. The van der Waals surface area contributed by atoms with Crippen LogP contribution >= 0.6 is 0 Å². The second kappa shape index (κ2) is 20.8. The molecular formula is C19H32O7. The fourth-order valence-electron chi connectivity index (χ4n) is 1.12. The van der Waals surface area contributed by atoms with Crippen LogP contribution in [0.2, 0.25) is 0 Å². The second-order valence-corrected chi connectivity index (χ2v) is 4.44. The van der Waals surface area contributed by atoms with Gasteiger partial charge in [0.25, 0.3) is 0 Å². The summed E-state index contributed by atoms with van der Waals surface area (Å²) in [5.74, 6) is -0.921. The molecule has 0 amide bonds. The van der Waals surface area contributed by atoms with Crippen molar-refractivity contribution in [3.63, 3.8) is 0 Å². The Morgan fingerprint density at radius 3 is 1.62 bits per heavy atom. The summed E-state index contributed by atoms with van der Waals surface area (Å²) in [6.45, 7) is 22.8. The predicted octanol–water partition coefficient (Wildman–Crippen LogP) is 2.84. The van der Waals surface area contributed by atoms with Crippen LogP contribution < -0.4 is 0 Å². The van der Waals surface area contributed by atoms with Gasteiger partial charge in [-0.25, -0.2) is 9.59 Å². The highest BCUT2D eigenvalue weighted by molar-refractivity contribution is 5.87. The number of ether oxygens (including phenoxy) is 5. The maximum atomic E-state index is 11.1. The number of carbonyl (C=O) groups is 2. The van der Waals surface area contributed by atoms with Gasteiger partial charge >= 0.3 is 11.9 Å². The number of rotatable bonds is 12. The van der Waals surface area contributed by atoms with Crippen molar-refractivity contribution in [3.05, 3.63) is 50.6 Å². The van der Waals surface area contributed by atoms with E-state index in [0.717, 1.165) is 0 Å². The van der Waals surface area contributed by atoms with Gasteiger partial charge in [-0.3, -0.25) is 0 Å². The lowest BCUT2D eigenvalue weighted by Gasteiger charge is -2.16. The van der Waals surface area contributed by atoms with Crippen molar-refractivity contribution < 1.29 is 33.3 Å². The Hall–Kier alpha value is -2.22. The van der Waals surface area contributed by atoms with Crippen LogP contribution in [0.5, 0.6) is 0 Å². The molecule has 0 aliphatic carbocycles. The largest absolute Gasteiger partial charge is 0.460 e. The molecule has 0 heterocycles. The summed E-state index contributed by atoms with van der Waals surface area (Å²) in [6.07, 6.45) is -0.597. The molecule has 1 atom stereocenters. The summed E-state index contributed by atoms with van der Waals surface area (Å²) < 4.78 is 25.3. The Labute approximate surface area is 156 Å². The summed E-state index contributed by atoms with van der Waals surface area (Å²) in [5, 5.41) is 0. The zero-order valence-electron chi connectivity index (χ0n) is 16.2. The third kappa shape index (κ3) is 18.1. The van der Waals surface area contributed by atoms with E-state index < -0.39 is 18.2 Å². The molecule has 0 rings (SSSR count). The van der Waals surface area contributed by atoms with E-state index in [1.54, 1.807) is 13.8 Å². The number of carbonyl (C=O) groups excluding carboxylic acids is 2. The highest BCUT2D eigenvalue weighted by Gasteiger charge is 2.09. The van der Waals surface area contributed by atoms with Gasteiger partial charge < -0.3 is 23.7 Å². The average Bonchev–Trinajstić information content (AvgIpc) is 2.65. The predicted molar refractivity (Wildman–Crippen MR) is 102 cm³/mol. The molecule has 0 fully saturated rings. The first-order chi connectivity index (χ1) is 12.4. The number of methoxy groups -OCH3 is 1. The summed E-state index contributed by atoms with van der Waals surface area (Å²) >= 11 is 0. The molecule has 7 nitrogen and oxygen atoms in total. The van der Waals surface area contributed by atoms with E-state index >= 15 is 0 Å². The van der Waals surface area contributed by atoms with Crippen LogP contribution in [0.1, 0.15) is 13.8 Å². The smallest absolute Gasteiger partial charge is 0.333 e. The maximum absolute atomic E-state index is 11.1. The van der Waals surface area contributed by atoms with E-state index in [-0.39, 0.29) is 33.0 Å². The SMILES string of the molecule is C=C.C=C.C=C(C)C(=O)OCCOCC(OC)OCCOC(=O)C(=C)C. The van der Waals surface area contributed by atoms with Crippen LogP contribution in [0, 0.1) is 0 Å². The monoisotopic (exact) mass is 372 g/mol. The van der Waals surface area contributed by atoms with Gasteiger partial charge in [-0.05, 0) is 13.8 Å². The summed E-state index contributed by atoms with van der Waals surface area (Å²) in [4.78, 5) is 22.2. The molecular weight excluding hydrogens is 340 g/mol. The third-order valence-electron chi connectivity index (χ3n) is 2.29. The Bertz CT molecular complexity index is 416. The van der Waals surface area contributed by atoms with Gasteiger partial charge in [0.2, 0.25) is 0 Å². The van der Waals surface area contributed by atoms with E-state index in [0.29, 0.717) is 11.1 Å². The van der Waals surface area contributed by atoms with Crippen LogP contribution in [0.3, 0.4) is 0 Å². The second-order valence-electron chi connectivity index (χ2n) is 4.44. The quantitative estimate of drug-likeness (QED) is 0.171. The maximum Gasteiger partial charge on any atom is 0.333 e. The average molecular weight is 372 g/mol. The molecule has 0 aliphatic heterocycles. The van der Waals surface area contributed by atoms with Gasteiger partial charge in [0, 0.05) is 18.3 Å². The number of hydrogen-bond acceptors (Lipinski definition) is 7. The first-order valence-corrected chi connectivity index (χ1v) is 7.75. The molecule has 0 N–H and O–H groups in total. The Morgan fingerprint density at radius 1 is 0.808 bits per heavy atom. The molecule has 0 saturated carbocycles. The standard InChI is InChI=1S/C15H24O7.2C2H4/c1-11(2)14(16)21-7-6-19-10-13(18-5)20-8-9-22-15(17)12(3)4;2*1-2/h13H,1,3,6-10H2,2,4-5H3;2*1-2H2. The van der Waals surface area contributed by atoms with E-state index in [9.17, 15) is 9.59 Å². The van der Waals surface area contributed by atoms with Crippen LogP contribution in [-0.4, -0.2) is 58.4 Å². The molecule has 0 aliphatic rings. The molecule has 1 unspecified atom stereocenters. The molecule has 0 aromatic heterocycles. The van der Waals surface area contributed by atoms with Gasteiger partial charge in [0.1, 0.15) is 13.2 Å². The molecule has 0 aromatic carbocycles. The van der Waals surface area contributed by atoms with Gasteiger partial charge in [-0.1, -0.05) is 13.2 Å². The van der Waals surface area contributed by atoms with Crippen LogP contribution in [0.4, 0.5) is 0 Å². The van der Waals surface area contributed by atoms with Crippen molar-refractivity contribution in [3.8, 4) is 0 Å². The molecule has 0 radical (unpaired) electrons. The number of esters is 2. The molecule has 0 bridgehead atoms. The lowest BCUT2D eigenvalue weighted by atomic mass is 10.4. The van der Waals surface area contributed by atoms with Gasteiger partial charge in [-0.15, -0.1) is 26.3 Å². The first kappa shape index (κ1) is 28.6. The van der Waals surface area contributed by atoms with Gasteiger partial charge in [-0.2, -0.15) is 0 Å². The fourth-order valence-corrected chi connectivity index (χ4v) is 1.12. The number of hydrogen-bond donors (Lipinski definition) is 0. The Morgan fingerprint density at radius 2 is 1.23 bits per heavy atom. The minimum atomic E-state index is -0.597. The van der Waals surface area contributed by atoms with Crippen LogP contribution in [0.15, 0.2) is 50.6 Å². The van der Waals surface area contributed by atoms with Crippen LogP contribution in [0.25, 0.3) is 0 Å². The molecule has 150 valence electrons. The Kier molecular flexibility index (Phi) is 22.9. The highest BCUT2D eigenvalue weighted by Crippen LogP contribution is 1.97. The molecule has 0 saturated heterocycles. The minimum Gasteiger partial charge on any atom is -0.460 e. The van der Waals surface area contributed by atoms with Crippen molar-refractivity contribution in [2.75, 3.05) is 40.1 Å². The summed E-state index contributed by atoms with van der Waals surface area (Å²) in [5.41, 5.74) is 0.665. The molecule has 0 aromatic rings. The van der Waals surface area contributed by atoms with Crippen molar-refractivity contribution in [1.29, 1.82) is 0 Å². The fraction of sp³-hybridized carbons (Fsp3) is 0.474. The van der Waals surface area contributed by atoms with E-state index in [2.05, 4.69) is 39.5 Å². The lowest BCUT2D eigenvalue weighted by Crippen LogP contribution is -2.25. The molecule has 26 heavy (non-hydrogen) atoms. The van der Waals surface area contributed by atoms with Crippen LogP contribution in [-0.2, 0) is 33.3 Å². The van der Waals surface area contributed by atoms with Crippen molar-refractivity contribution in [2.45, 2.75) is 20.1 Å². The zero-order chi connectivity index (χ0) is 21.0. The normalized spacial score (nSPS) is 10.1. The van der Waals surface area contributed by atoms with E-state index in [4.69, 9.17) is 23.7 Å².